The molecule has 0 amide bonds. The maximum Gasteiger partial charge on any atom is 0.137 e. The standard InChI is InChI=1S/C9H11Br2NO2/c1-14-9-6(8(12)4-13)2-5(10)3-7(9)11/h2-3,8,13H,4,12H2,1H3/t8-/m1/s1. The molecule has 0 spiro atoms. The predicted molar refractivity (Wildman–Crippen MR) is 62.4 cm³/mol. The Bertz CT molecular complexity index is 331. The zero-order chi connectivity index (χ0) is 10.7. The Morgan fingerprint density at radius 2 is 2.14 bits per heavy atom. The number of hydrogen-bond acceptors (Lipinski definition) is 3. The van der Waals surface area contributed by atoms with Gasteiger partial charge in [-0.1, -0.05) is 15.9 Å². The molecular weight excluding hydrogens is 314 g/mol. The highest BCUT2D eigenvalue weighted by atomic mass is 79.9. The zero-order valence-corrected chi connectivity index (χ0v) is 10.8. The summed E-state index contributed by atoms with van der Waals surface area (Å²) >= 11 is 6.71. The number of benzene rings is 1. The molecule has 0 fully saturated rings. The van der Waals surface area contributed by atoms with E-state index in [1.54, 1.807) is 7.11 Å². The number of aliphatic hydroxyl groups excluding tert-OH is 1. The molecule has 0 unspecified atom stereocenters. The minimum absolute atomic E-state index is 0.112. The molecule has 0 radical (unpaired) electrons. The second-order valence-electron chi connectivity index (χ2n) is 2.80. The van der Waals surface area contributed by atoms with Gasteiger partial charge in [0.05, 0.1) is 24.2 Å². The van der Waals surface area contributed by atoms with Crippen molar-refractivity contribution in [3.8, 4) is 5.75 Å². The number of methoxy groups -OCH3 is 1. The summed E-state index contributed by atoms with van der Waals surface area (Å²) in [6, 6.07) is 3.27. The smallest absolute Gasteiger partial charge is 0.137 e. The van der Waals surface area contributed by atoms with Crippen LogP contribution in [0.3, 0.4) is 0 Å². The van der Waals surface area contributed by atoms with E-state index in [2.05, 4.69) is 31.9 Å². The van der Waals surface area contributed by atoms with Gasteiger partial charge in [-0.15, -0.1) is 0 Å². The van der Waals surface area contributed by atoms with Gasteiger partial charge >= 0.3 is 0 Å². The van der Waals surface area contributed by atoms with Crippen molar-refractivity contribution in [2.24, 2.45) is 5.73 Å². The van der Waals surface area contributed by atoms with Crippen LogP contribution in [0.1, 0.15) is 11.6 Å². The minimum Gasteiger partial charge on any atom is -0.495 e. The lowest BCUT2D eigenvalue weighted by atomic mass is 10.1. The number of ether oxygens (including phenoxy) is 1. The Kier molecular flexibility index (Phi) is 4.37. The van der Waals surface area contributed by atoms with Crippen LogP contribution in [0.2, 0.25) is 0 Å². The summed E-state index contributed by atoms with van der Waals surface area (Å²) in [4.78, 5) is 0. The lowest BCUT2D eigenvalue weighted by Crippen LogP contribution is -2.15. The Hall–Kier alpha value is -0.100. The second kappa shape index (κ2) is 5.11. The van der Waals surface area contributed by atoms with Gasteiger partial charge in [0.1, 0.15) is 5.75 Å². The fourth-order valence-corrected chi connectivity index (χ4v) is 2.59. The monoisotopic (exact) mass is 323 g/mol. The van der Waals surface area contributed by atoms with E-state index in [9.17, 15) is 0 Å². The van der Waals surface area contributed by atoms with Gasteiger partial charge in [0.25, 0.3) is 0 Å². The van der Waals surface area contributed by atoms with E-state index in [-0.39, 0.29) is 6.61 Å². The van der Waals surface area contributed by atoms with Crippen LogP contribution in [-0.4, -0.2) is 18.8 Å². The fraction of sp³-hybridized carbons (Fsp3) is 0.333. The van der Waals surface area contributed by atoms with Gasteiger partial charge in [-0.25, -0.2) is 0 Å². The van der Waals surface area contributed by atoms with Gasteiger partial charge in [0.2, 0.25) is 0 Å². The number of aliphatic hydroxyl groups is 1. The highest BCUT2D eigenvalue weighted by molar-refractivity contribution is 9.11. The molecule has 5 heteroatoms. The van der Waals surface area contributed by atoms with Crippen LogP contribution in [0.15, 0.2) is 21.1 Å². The molecular formula is C9H11Br2NO2. The lowest BCUT2D eigenvalue weighted by Gasteiger charge is -2.15. The molecule has 1 rings (SSSR count). The lowest BCUT2D eigenvalue weighted by molar-refractivity contribution is 0.264. The van der Waals surface area contributed by atoms with E-state index < -0.39 is 6.04 Å². The summed E-state index contributed by atoms with van der Waals surface area (Å²) < 4.78 is 6.90. The van der Waals surface area contributed by atoms with E-state index in [4.69, 9.17) is 15.6 Å². The van der Waals surface area contributed by atoms with Gasteiger partial charge in [0.15, 0.2) is 0 Å². The Morgan fingerprint density at radius 3 is 2.64 bits per heavy atom. The van der Waals surface area contributed by atoms with Crippen molar-refractivity contribution in [1.29, 1.82) is 0 Å². The average Bonchev–Trinajstić information content (AvgIpc) is 2.15. The largest absolute Gasteiger partial charge is 0.495 e. The second-order valence-corrected chi connectivity index (χ2v) is 4.57. The molecule has 14 heavy (non-hydrogen) atoms. The minimum atomic E-state index is -0.432. The molecule has 78 valence electrons. The first kappa shape index (κ1) is 12.0. The van der Waals surface area contributed by atoms with E-state index in [0.717, 1.165) is 14.5 Å². The first-order valence-electron chi connectivity index (χ1n) is 3.99. The summed E-state index contributed by atoms with van der Waals surface area (Å²) in [6.07, 6.45) is 0. The maximum atomic E-state index is 8.98. The Labute approximate surface area is 99.5 Å². The average molecular weight is 325 g/mol. The number of rotatable bonds is 3. The number of hydrogen-bond donors (Lipinski definition) is 2. The van der Waals surface area contributed by atoms with Crippen LogP contribution in [0.5, 0.6) is 5.75 Å². The van der Waals surface area contributed by atoms with E-state index >= 15 is 0 Å². The summed E-state index contributed by atoms with van der Waals surface area (Å²) in [5.74, 6) is 0.662. The molecule has 0 aliphatic rings. The van der Waals surface area contributed by atoms with Crippen molar-refractivity contribution in [1.82, 2.24) is 0 Å². The fourth-order valence-electron chi connectivity index (χ4n) is 1.17. The maximum absolute atomic E-state index is 8.98. The van der Waals surface area contributed by atoms with Gasteiger partial charge in [-0.05, 0) is 28.1 Å². The van der Waals surface area contributed by atoms with E-state index in [1.807, 2.05) is 12.1 Å². The third kappa shape index (κ3) is 2.48. The molecule has 0 aliphatic heterocycles. The predicted octanol–water partition coefficient (Wildman–Crippen LogP) is 2.21. The zero-order valence-electron chi connectivity index (χ0n) is 7.63. The SMILES string of the molecule is COc1c(Br)cc(Br)cc1[C@H](N)CO. The third-order valence-corrected chi connectivity index (χ3v) is 2.88. The van der Waals surface area contributed by atoms with Gasteiger partial charge in [0, 0.05) is 10.0 Å². The Balaban J connectivity index is 3.24. The summed E-state index contributed by atoms with van der Waals surface area (Å²) in [5, 5.41) is 8.98. The summed E-state index contributed by atoms with van der Waals surface area (Å²) in [6.45, 7) is -0.112. The molecule has 1 atom stereocenters. The number of nitrogens with two attached hydrogens (primary N) is 1. The Morgan fingerprint density at radius 1 is 1.50 bits per heavy atom. The first-order valence-corrected chi connectivity index (χ1v) is 5.58. The van der Waals surface area contributed by atoms with Crippen molar-refractivity contribution in [3.05, 3.63) is 26.6 Å². The van der Waals surface area contributed by atoms with Gasteiger partial charge in [-0.3, -0.25) is 0 Å². The van der Waals surface area contributed by atoms with Crippen molar-refractivity contribution in [2.75, 3.05) is 13.7 Å². The van der Waals surface area contributed by atoms with Crippen LogP contribution in [0.4, 0.5) is 0 Å². The molecule has 1 aromatic rings. The van der Waals surface area contributed by atoms with Crippen molar-refractivity contribution in [2.45, 2.75) is 6.04 Å². The van der Waals surface area contributed by atoms with Crippen LogP contribution < -0.4 is 10.5 Å². The molecule has 0 bridgehead atoms. The van der Waals surface area contributed by atoms with Gasteiger partial charge < -0.3 is 15.6 Å². The molecule has 0 saturated heterocycles. The highest BCUT2D eigenvalue weighted by Gasteiger charge is 2.14. The molecule has 3 N–H and O–H groups in total. The van der Waals surface area contributed by atoms with E-state index in [0.29, 0.717) is 5.75 Å². The third-order valence-electron chi connectivity index (χ3n) is 1.84. The molecule has 0 aliphatic carbocycles. The first-order chi connectivity index (χ1) is 6.60. The number of halogens is 2. The van der Waals surface area contributed by atoms with Crippen LogP contribution in [0.25, 0.3) is 0 Å². The normalized spacial score (nSPS) is 12.6. The molecule has 3 nitrogen and oxygen atoms in total. The quantitative estimate of drug-likeness (QED) is 0.896. The topological polar surface area (TPSA) is 55.5 Å². The van der Waals surface area contributed by atoms with Crippen molar-refractivity contribution in [3.63, 3.8) is 0 Å². The molecule has 0 saturated carbocycles. The summed E-state index contributed by atoms with van der Waals surface area (Å²) in [5.41, 5.74) is 6.51. The molecule has 0 heterocycles. The van der Waals surface area contributed by atoms with Crippen LogP contribution in [0, 0.1) is 0 Å². The highest BCUT2D eigenvalue weighted by Crippen LogP contribution is 2.35. The van der Waals surface area contributed by atoms with Crippen molar-refractivity contribution < 1.29 is 9.84 Å². The molecule has 0 aromatic heterocycles. The van der Waals surface area contributed by atoms with Crippen LogP contribution in [-0.2, 0) is 0 Å². The molecule has 1 aromatic carbocycles. The van der Waals surface area contributed by atoms with E-state index in [1.165, 1.54) is 0 Å². The van der Waals surface area contributed by atoms with Gasteiger partial charge in [-0.2, -0.15) is 0 Å². The van der Waals surface area contributed by atoms with Crippen molar-refractivity contribution >= 4 is 31.9 Å². The summed E-state index contributed by atoms with van der Waals surface area (Å²) in [7, 11) is 1.57. The van der Waals surface area contributed by atoms with Crippen LogP contribution >= 0.6 is 31.9 Å².